The number of carbonyl (C=O) groups excluding carboxylic acids is 1. The summed E-state index contributed by atoms with van der Waals surface area (Å²) >= 11 is 0. The van der Waals surface area contributed by atoms with Crippen molar-refractivity contribution >= 4 is 5.91 Å². The molecule has 140 valence electrons. The van der Waals surface area contributed by atoms with Crippen molar-refractivity contribution in [2.24, 2.45) is 0 Å². The van der Waals surface area contributed by atoms with Gasteiger partial charge in [0.25, 0.3) is 0 Å². The van der Waals surface area contributed by atoms with Crippen LogP contribution in [0.25, 0.3) is 5.69 Å². The van der Waals surface area contributed by atoms with Crippen molar-refractivity contribution in [3.63, 3.8) is 0 Å². The lowest BCUT2D eigenvalue weighted by Gasteiger charge is -2.19. The minimum atomic E-state index is 0.103. The van der Waals surface area contributed by atoms with E-state index in [1.165, 1.54) is 0 Å². The molecule has 0 unspecified atom stereocenters. The summed E-state index contributed by atoms with van der Waals surface area (Å²) in [6, 6.07) is 16.0. The Bertz CT molecular complexity index is 903. The first-order valence-electron chi connectivity index (χ1n) is 9.03. The number of nitrogens with zero attached hydrogens (tertiary/aromatic N) is 3. The smallest absolute Gasteiger partial charge is 0.222 e. The molecule has 0 spiro atoms. The number of hydrogen-bond donors (Lipinski definition) is 0. The number of rotatable bonds is 7. The molecule has 0 aliphatic rings. The minimum Gasteiger partial charge on any atom is -0.496 e. The molecule has 0 atom stereocenters. The van der Waals surface area contributed by atoms with Gasteiger partial charge in [0, 0.05) is 31.8 Å². The first-order valence-corrected chi connectivity index (χ1v) is 9.03. The van der Waals surface area contributed by atoms with Gasteiger partial charge in [-0.3, -0.25) is 4.79 Å². The summed E-state index contributed by atoms with van der Waals surface area (Å²) in [5.41, 5.74) is 4.23. The third kappa shape index (κ3) is 4.76. The first-order chi connectivity index (χ1) is 13.1. The van der Waals surface area contributed by atoms with E-state index in [0.29, 0.717) is 19.4 Å². The highest BCUT2D eigenvalue weighted by Gasteiger charge is 2.13. The van der Waals surface area contributed by atoms with Crippen molar-refractivity contribution < 1.29 is 9.53 Å². The lowest BCUT2D eigenvalue weighted by molar-refractivity contribution is -0.130. The van der Waals surface area contributed by atoms with Crippen LogP contribution >= 0.6 is 0 Å². The van der Waals surface area contributed by atoms with Crippen molar-refractivity contribution in [2.75, 3.05) is 14.2 Å². The van der Waals surface area contributed by atoms with E-state index < -0.39 is 0 Å². The summed E-state index contributed by atoms with van der Waals surface area (Å²) in [5.74, 6) is 0.912. The molecule has 0 fully saturated rings. The molecular weight excluding hydrogens is 338 g/mol. The molecule has 27 heavy (non-hydrogen) atoms. The summed E-state index contributed by atoms with van der Waals surface area (Å²) in [6.45, 7) is 2.57. The van der Waals surface area contributed by atoms with Gasteiger partial charge >= 0.3 is 0 Å². The quantitative estimate of drug-likeness (QED) is 0.642. The highest BCUT2D eigenvalue weighted by Crippen LogP contribution is 2.21. The SMILES string of the molecule is COc1ccc(C)cc1CN(C)C(=O)CCc1cnn(-c2ccccc2)c1. The number of benzene rings is 2. The van der Waals surface area contributed by atoms with E-state index in [2.05, 4.69) is 11.2 Å². The number of aromatic nitrogens is 2. The van der Waals surface area contributed by atoms with Gasteiger partial charge in [0.05, 0.1) is 19.0 Å². The predicted molar refractivity (Wildman–Crippen MR) is 106 cm³/mol. The van der Waals surface area contributed by atoms with Crippen molar-refractivity contribution in [2.45, 2.75) is 26.3 Å². The fourth-order valence-electron chi connectivity index (χ4n) is 3.03. The first kappa shape index (κ1) is 18.7. The second-order valence-corrected chi connectivity index (χ2v) is 6.69. The third-order valence-electron chi connectivity index (χ3n) is 4.55. The van der Waals surface area contributed by atoms with Gasteiger partial charge in [0.1, 0.15) is 5.75 Å². The molecule has 2 aromatic carbocycles. The average Bonchev–Trinajstić information content (AvgIpc) is 3.16. The van der Waals surface area contributed by atoms with Crippen LogP contribution in [0.1, 0.15) is 23.1 Å². The van der Waals surface area contributed by atoms with Crippen molar-refractivity contribution in [3.8, 4) is 11.4 Å². The molecule has 0 aliphatic heterocycles. The second kappa shape index (κ2) is 8.54. The average molecular weight is 363 g/mol. The summed E-state index contributed by atoms with van der Waals surface area (Å²) in [6.07, 6.45) is 4.92. The van der Waals surface area contributed by atoms with Crippen molar-refractivity contribution in [1.82, 2.24) is 14.7 Å². The van der Waals surface area contributed by atoms with Gasteiger partial charge < -0.3 is 9.64 Å². The van der Waals surface area contributed by atoms with Gasteiger partial charge in [-0.1, -0.05) is 35.9 Å². The number of carbonyl (C=O) groups is 1. The number of aryl methyl sites for hydroxylation is 2. The van der Waals surface area contributed by atoms with E-state index in [1.807, 2.05) is 73.5 Å². The fourth-order valence-corrected chi connectivity index (χ4v) is 3.03. The Labute approximate surface area is 160 Å². The molecule has 5 heteroatoms. The van der Waals surface area contributed by atoms with E-state index in [-0.39, 0.29) is 5.91 Å². The number of amides is 1. The third-order valence-corrected chi connectivity index (χ3v) is 4.55. The minimum absolute atomic E-state index is 0.103. The molecular formula is C22H25N3O2. The standard InChI is InChI=1S/C22H25N3O2/c1-17-9-11-21(27-3)19(13-17)16-24(2)22(26)12-10-18-14-23-25(15-18)20-7-5-4-6-8-20/h4-9,11,13-15H,10,12,16H2,1-3H3. The number of ether oxygens (including phenoxy) is 1. The van der Waals surface area contributed by atoms with Gasteiger partial charge in [0.15, 0.2) is 0 Å². The Hall–Kier alpha value is -3.08. The number of para-hydroxylation sites is 1. The van der Waals surface area contributed by atoms with Crippen LogP contribution in [0.5, 0.6) is 5.75 Å². The molecule has 0 radical (unpaired) electrons. The van der Waals surface area contributed by atoms with Crippen molar-refractivity contribution in [3.05, 3.63) is 77.6 Å². The van der Waals surface area contributed by atoms with E-state index in [4.69, 9.17) is 4.74 Å². The van der Waals surface area contributed by atoms with E-state index >= 15 is 0 Å². The Balaban J connectivity index is 1.58. The van der Waals surface area contributed by atoms with Gasteiger partial charge in [-0.25, -0.2) is 4.68 Å². The summed E-state index contributed by atoms with van der Waals surface area (Å²) in [7, 11) is 3.48. The van der Waals surface area contributed by atoms with Crippen LogP contribution < -0.4 is 4.74 Å². The zero-order valence-electron chi connectivity index (χ0n) is 16.1. The van der Waals surface area contributed by atoms with Crippen LogP contribution in [-0.2, 0) is 17.8 Å². The molecule has 1 amide bonds. The van der Waals surface area contributed by atoms with Crippen LogP contribution in [0.4, 0.5) is 0 Å². The molecule has 0 saturated heterocycles. The van der Waals surface area contributed by atoms with E-state index in [1.54, 1.807) is 12.0 Å². The van der Waals surface area contributed by atoms with Gasteiger partial charge in [-0.15, -0.1) is 0 Å². The fraction of sp³-hybridized carbons (Fsp3) is 0.273. The molecule has 3 aromatic rings. The Kier molecular flexibility index (Phi) is 5.91. The van der Waals surface area contributed by atoms with Crippen LogP contribution in [0.2, 0.25) is 0 Å². The highest BCUT2D eigenvalue weighted by molar-refractivity contribution is 5.76. The second-order valence-electron chi connectivity index (χ2n) is 6.69. The largest absolute Gasteiger partial charge is 0.496 e. The lowest BCUT2D eigenvalue weighted by atomic mass is 10.1. The van der Waals surface area contributed by atoms with Crippen LogP contribution in [-0.4, -0.2) is 34.7 Å². The number of hydrogen-bond acceptors (Lipinski definition) is 3. The molecule has 0 aliphatic carbocycles. The van der Waals surface area contributed by atoms with Crippen LogP contribution in [0, 0.1) is 6.92 Å². The molecule has 0 bridgehead atoms. The molecule has 0 N–H and O–H groups in total. The normalized spacial score (nSPS) is 10.6. The summed E-state index contributed by atoms with van der Waals surface area (Å²) < 4.78 is 7.24. The van der Waals surface area contributed by atoms with Gasteiger partial charge in [-0.05, 0) is 37.1 Å². The Morgan fingerprint density at radius 3 is 2.70 bits per heavy atom. The maximum atomic E-state index is 12.5. The Morgan fingerprint density at radius 2 is 1.96 bits per heavy atom. The van der Waals surface area contributed by atoms with Gasteiger partial charge in [0.2, 0.25) is 5.91 Å². The van der Waals surface area contributed by atoms with Crippen molar-refractivity contribution in [1.29, 1.82) is 0 Å². The maximum absolute atomic E-state index is 12.5. The molecule has 5 nitrogen and oxygen atoms in total. The molecule has 0 saturated carbocycles. The Morgan fingerprint density at radius 1 is 1.19 bits per heavy atom. The number of methoxy groups -OCH3 is 1. The van der Waals surface area contributed by atoms with E-state index in [0.717, 1.165) is 28.1 Å². The zero-order valence-corrected chi connectivity index (χ0v) is 16.1. The van der Waals surface area contributed by atoms with Gasteiger partial charge in [-0.2, -0.15) is 5.10 Å². The highest BCUT2D eigenvalue weighted by atomic mass is 16.5. The molecule has 3 rings (SSSR count). The molecule has 1 heterocycles. The zero-order chi connectivity index (χ0) is 19.2. The van der Waals surface area contributed by atoms with Crippen LogP contribution in [0.3, 0.4) is 0 Å². The summed E-state index contributed by atoms with van der Waals surface area (Å²) in [4.78, 5) is 14.3. The topological polar surface area (TPSA) is 47.4 Å². The molecule has 1 aromatic heterocycles. The maximum Gasteiger partial charge on any atom is 0.222 e. The summed E-state index contributed by atoms with van der Waals surface area (Å²) in [5, 5.41) is 4.38. The lowest BCUT2D eigenvalue weighted by Crippen LogP contribution is -2.26. The van der Waals surface area contributed by atoms with Crippen LogP contribution in [0.15, 0.2) is 60.9 Å². The predicted octanol–water partition coefficient (Wildman–Crippen LogP) is 3.78. The monoisotopic (exact) mass is 363 g/mol. The van der Waals surface area contributed by atoms with E-state index in [9.17, 15) is 4.79 Å².